The third-order valence-electron chi connectivity index (χ3n) is 4.95. The van der Waals surface area contributed by atoms with Crippen LogP contribution in [0.5, 0.6) is 0 Å². The number of primary amides is 1. The van der Waals surface area contributed by atoms with Crippen molar-refractivity contribution in [3.8, 4) is 16.9 Å². The molecule has 0 radical (unpaired) electrons. The molecule has 1 aromatic heterocycles. The number of alkyl halides is 3. The summed E-state index contributed by atoms with van der Waals surface area (Å²) in [5.74, 6) is -1.02. The van der Waals surface area contributed by atoms with E-state index < -0.39 is 23.7 Å². The molecule has 4 aromatic rings. The number of hydrogen-bond acceptors (Lipinski definition) is 3. The second-order valence-electron chi connectivity index (χ2n) is 7.25. The van der Waals surface area contributed by atoms with Gasteiger partial charge in [0, 0.05) is 22.4 Å². The number of nitrogens with two attached hydrogens (primary N) is 1. The summed E-state index contributed by atoms with van der Waals surface area (Å²) >= 11 is 6.19. The number of amides is 2. The van der Waals surface area contributed by atoms with Gasteiger partial charge in [0.25, 0.3) is 5.91 Å². The van der Waals surface area contributed by atoms with Crippen LogP contribution in [0.2, 0.25) is 5.02 Å². The lowest BCUT2D eigenvalue weighted by Gasteiger charge is -2.10. The molecule has 0 atom stereocenters. The van der Waals surface area contributed by atoms with Gasteiger partial charge in [-0.1, -0.05) is 35.9 Å². The number of carbonyl (C=O) groups is 2. The number of aromatic nitrogens is 2. The molecule has 2 amide bonds. The lowest BCUT2D eigenvalue weighted by atomic mass is 10.1. The normalized spacial score (nSPS) is 11.3. The minimum atomic E-state index is -4.65. The summed E-state index contributed by atoms with van der Waals surface area (Å²) in [6, 6.07) is 19.4. The largest absolute Gasteiger partial charge is 0.435 e. The molecule has 0 aliphatic carbocycles. The van der Waals surface area contributed by atoms with E-state index in [4.69, 9.17) is 17.3 Å². The first-order chi connectivity index (χ1) is 16.1. The number of nitrogens with zero attached hydrogens (tertiary/aromatic N) is 2. The summed E-state index contributed by atoms with van der Waals surface area (Å²) in [6.45, 7) is 0. The SMILES string of the molecule is NC(=O)c1ccc(NC(=O)c2ccc(-c3cc(C(F)(F)F)nn3-c3ccccc3Cl)cc2)cc1. The number of para-hydroxylation sites is 1. The van der Waals surface area contributed by atoms with Crippen molar-refractivity contribution in [2.75, 3.05) is 5.32 Å². The highest BCUT2D eigenvalue weighted by Gasteiger charge is 2.35. The first-order valence-corrected chi connectivity index (χ1v) is 10.2. The van der Waals surface area contributed by atoms with E-state index in [-0.39, 0.29) is 22.0 Å². The maximum atomic E-state index is 13.4. The summed E-state index contributed by atoms with van der Waals surface area (Å²) in [5, 5.41) is 6.63. The van der Waals surface area contributed by atoms with Crippen molar-refractivity contribution in [2.45, 2.75) is 6.18 Å². The fraction of sp³-hybridized carbons (Fsp3) is 0.0417. The zero-order valence-electron chi connectivity index (χ0n) is 17.3. The van der Waals surface area contributed by atoms with E-state index in [0.29, 0.717) is 16.8 Å². The Morgan fingerprint density at radius 1 is 0.912 bits per heavy atom. The monoisotopic (exact) mass is 484 g/mol. The molecule has 0 fully saturated rings. The van der Waals surface area contributed by atoms with Gasteiger partial charge in [0.2, 0.25) is 5.91 Å². The minimum absolute atomic E-state index is 0.162. The molecular formula is C24H16ClF3N4O2. The zero-order chi connectivity index (χ0) is 24.5. The molecule has 0 spiro atoms. The number of nitrogens with one attached hydrogen (secondary N) is 1. The number of halogens is 4. The molecule has 3 aromatic carbocycles. The maximum absolute atomic E-state index is 13.4. The summed E-state index contributed by atoms with van der Waals surface area (Å²) < 4.78 is 41.2. The van der Waals surface area contributed by atoms with E-state index in [1.165, 1.54) is 48.5 Å². The molecule has 4 rings (SSSR count). The van der Waals surface area contributed by atoms with Crippen molar-refractivity contribution in [1.82, 2.24) is 9.78 Å². The summed E-state index contributed by atoms with van der Waals surface area (Å²) in [7, 11) is 0. The second-order valence-corrected chi connectivity index (χ2v) is 7.66. The Labute approximate surface area is 196 Å². The van der Waals surface area contributed by atoms with Crippen molar-refractivity contribution >= 4 is 29.1 Å². The Morgan fingerprint density at radius 2 is 1.53 bits per heavy atom. The molecule has 0 aliphatic rings. The summed E-state index contributed by atoms with van der Waals surface area (Å²) in [4.78, 5) is 23.7. The maximum Gasteiger partial charge on any atom is 0.435 e. The number of rotatable bonds is 5. The lowest BCUT2D eigenvalue weighted by molar-refractivity contribution is -0.141. The average molecular weight is 485 g/mol. The Morgan fingerprint density at radius 3 is 2.12 bits per heavy atom. The van der Waals surface area contributed by atoms with Gasteiger partial charge in [0.05, 0.1) is 16.4 Å². The number of carbonyl (C=O) groups excluding carboxylic acids is 2. The van der Waals surface area contributed by atoms with Gasteiger partial charge in [-0.05, 0) is 54.6 Å². The van der Waals surface area contributed by atoms with Gasteiger partial charge in [-0.2, -0.15) is 18.3 Å². The van der Waals surface area contributed by atoms with Gasteiger partial charge in [0.15, 0.2) is 5.69 Å². The van der Waals surface area contributed by atoms with Crippen molar-refractivity contribution < 1.29 is 22.8 Å². The Balaban J connectivity index is 1.63. The van der Waals surface area contributed by atoms with Crippen molar-refractivity contribution in [2.24, 2.45) is 5.73 Å². The van der Waals surface area contributed by atoms with Crippen LogP contribution in [-0.2, 0) is 6.18 Å². The van der Waals surface area contributed by atoms with E-state index in [1.807, 2.05) is 0 Å². The van der Waals surface area contributed by atoms with Crippen molar-refractivity contribution in [1.29, 1.82) is 0 Å². The Bertz CT molecular complexity index is 1360. The summed E-state index contributed by atoms with van der Waals surface area (Å²) in [6.07, 6.45) is -4.65. The van der Waals surface area contributed by atoms with E-state index >= 15 is 0 Å². The van der Waals surface area contributed by atoms with Gasteiger partial charge in [-0.25, -0.2) is 4.68 Å². The van der Waals surface area contributed by atoms with Crippen LogP contribution in [0.1, 0.15) is 26.4 Å². The highest BCUT2D eigenvalue weighted by atomic mass is 35.5. The highest BCUT2D eigenvalue weighted by molar-refractivity contribution is 6.32. The minimum Gasteiger partial charge on any atom is -0.366 e. The molecule has 34 heavy (non-hydrogen) atoms. The predicted molar refractivity (Wildman–Crippen MR) is 122 cm³/mol. The number of hydrogen-bond donors (Lipinski definition) is 2. The average Bonchev–Trinajstić information content (AvgIpc) is 3.26. The standard InChI is InChI=1S/C24H16ClF3N4O2/c25-18-3-1-2-4-19(18)32-20(13-21(31-32)24(26,27)28)14-5-7-16(8-6-14)23(34)30-17-11-9-15(10-12-17)22(29)33/h1-13H,(H2,29,33)(H,30,34). The number of anilines is 1. The van der Waals surface area contributed by atoms with Crippen LogP contribution in [-0.4, -0.2) is 21.6 Å². The van der Waals surface area contributed by atoms with Gasteiger partial charge in [-0.3, -0.25) is 9.59 Å². The van der Waals surface area contributed by atoms with Gasteiger partial charge in [-0.15, -0.1) is 0 Å². The Hall–Kier alpha value is -4.11. The predicted octanol–water partition coefficient (Wildman–Crippen LogP) is 5.56. The van der Waals surface area contributed by atoms with Crippen LogP contribution in [0.25, 0.3) is 16.9 Å². The molecule has 3 N–H and O–H groups in total. The van der Waals surface area contributed by atoms with Crippen LogP contribution >= 0.6 is 11.6 Å². The Kier molecular flexibility index (Phi) is 6.12. The lowest BCUT2D eigenvalue weighted by Crippen LogP contribution is -2.13. The van der Waals surface area contributed by atoms with Crippen LogP contribution < -0.4 is 11.1 Å². The molecule has 0 unspecified atom stereocenters. The quantitative estimate of drug-likeness (QED) is 0.388. The summed E-state index contributed by atoms with van der Waals surface area (Å²) in [5.41, 5.74) is 6.02. The van der Waals surface area contributed by atoms with E-state index in [2.05, 4.69) is 10.4 Å². The molecule has 0 saturated heterocycles. The highest BCUT2D eigenvalue weighted by Crippen LogP contribution is 2.34. The van der Waals surface area contributed by atoms with Crippen LogP contribution in [0.15, 0.2) is 78.9 Å². The zero-order valence-corrected chi connectivity index (χ0v) is 18.1. The fourth-order valence-corrected chi connectivity index (χ4v) is 3.46. The van der Waals surface area contributed by atoms with Gasteiger partial charge in [0.1, 0.15) is 0 Å². The molecule has 6 nitrogen and oxygen atoms in total. The van der Waals surface area contributed by atoms with Crippen LogP contribution in [0, 0.1) is 0 Å². The molecule has 0 aliphatic heterocycles. The van der Waals surface area contributed by atoms with Gasteiger partial charge >= 0.3 is 6.18 Å². The second kappa shape index (κ2) is 9.03. The molecular weight excluding hydrogens is 469 g/mol. The van der Waals surface area contributed by atoms with Crippen LogP contribution in [0.3, 0.4) is 0 Å². The van der Waals surface area contributed by atoms with E-state index in [0.717, 1.165) is 10.7 Å². The van der Waals surface area contributed by atoms with Gasteiger partial charge < -0.3 is 11.1 Å². The van der Waals surface area contributed by atoms with E-state index in [9.17, 15) is 22.8 Å². The molecule has 172 valence electrons. The molecule has 0 bridgehead atoms. The smallest absolute Gasteiger partial charge is 0.366 e. The van der Waals surface area contributed by atoms with Crippen LogP contribution in [0.4, 0.5) is 18.9 Å². The van der Waals surface area contributed by atoms with Crippen molar-refractivity contribution in [3.05, 3.63) is 101 Å². The molecule has 1 heterocycles. The van der Waals surface area contributed by atoms with Crippen molar-refractivity contribution in [3.63, 3.8) is 0 Å². The number of benzene rings is 3. The molecule has 0 saturated carbocycles. The topological polar surface area (TPSA) is 90.0 Å². The van der Waals surface area contributed by atoms with E-state index in [1.54, 1.807) is 24.3 Å². The fourth-order valence-electron chi connectivity index (χ4n) is 3.25. The third-order valence-corrected chi connectivity index (χ3v) is 5.27. The third kappa shape index (κ3) is 4.79. The first-order valence-electron chi connectivity index (χ1n) is 9.87. The first kappa shape index (κ1) is 23.1. The molecule has 10 heteroatoms.